The zero-order valence-corrected chi connectivity index (χ0v) is 11.8. The first-order chi connectivity index (χ1) is 8.58. The minimum absolute atomic E-state index is 0.0789. The Labute approximate surface area is 117 Å². The molecule has 18 heavy (non-hydrogen) atoms. The summed E-state index contributed by atoms with van der Waals surface area (Å²) >= 11 is 2.22. The maximum Gasteiger partial charge on any atom is 0.243 e. The van der Waals surface area contributed by atoms with Crippen LogP contribution in [0.25, 0.3) is 11.0 Å². The minimum Gasteiger partial charge on any atom is -0.370 e. The number of nitrogen functional groups attached to an aromatic ring is 1. The molecular weight excluding hydrogens is 347 g/mol. The molecule has 0 bridgehead atoms. The normalized spacial score (nSPS) is 10.9. The van der Waals surface area contributed by atoms with Crippen LogP contribution in [-0.4, -0.2) is 28.7 Å². The van der Waals surface area contributed by atoms with Crippen molar-refractivity contribution in [3.05, 3.63) is 21.8 Å². The van der Waals surface area contributed by atoms with Gasteiger partial charge in [-0.2, -0.15) is 0 Å². The summed E-state index contributed by atoms with van der Waals surface area (Å²) in [6, 6.07) is 5.92. The number of amides is 1. The highest BCUT2D eigenvalue weighted by atomic mass is 127. The van der Waals surface area contributed by atoms with Crippen molar-refractivity contribution in [2.45, 2.75) is 6.54 Å². The van der Waals surface area contributed by atoms with Crippen LogP contribution >= 0.6 is 22.6 Å². The van der Waals surface area contributed by atoms with Crippen LogP contribution in [0.4, 0.5) is 5.95 Å². The Hall–Kier alpha value is -1.35. The molecule has 0 saturated heterocycles. The lowest BCUT2D eigenvalue weighted by Crippen LogP contribution is -2.20. The monoisotopic (exact) mass is 360 g/mol. The summed E-state index contributed by atoms with van der Waals surface area (Å²) in [5, 5.41) is 0. The van der Waals surface area contributed by atoms with Crippen molar-refractivity contribution >= 4 is 45.5 Å². The molecule has 0 aliphatic rings. The second-order valence-corrected chi connectivity index (χ2v) is 5.02. The Kier molecular flexibility index (Phi) is 4.02. The van der Waals surface area contributed by atoms with E-state index in [0.29, 0.717) is 19.1 Å². The number of primary amides is 1. The van der Waals surface area contributed by atoms with Gasteiger partial charge < -0.3 is 20.8 Å². The van der Waals surface area contributed by atoms with Crippen LogP contribution in [0.1, 0.15) is 0 Å². The molecular formula is C11H13IN4O2. The van der Waals surface area contributed by atoms with Crippen molar-refractivity contribution in [1.82, 2.24) is 9.55 Å². The van der Waals surface area contributed by atoms with Crippen molar-refractivity contribution in [3.8, 4) is 0 Å². The van der Waals surface area contributed by atoms with E-state index >= 15 is 0 Å². The van der Waals surface area contributed by atoms with Crippen LogP contribution < -0.4 is 11.5 Å². The molecule has 1 aromatic heterocycles. The quantitative estimate of drug-likeness (QED) is 0.607. The first-order valence-corrected chi connectivity index (χ1v) is 6.43. The standard InChI is InChI=1S/C11H13IN4O2/c12-7-1-2-9-8(5-7)15-11(14)16(9)3-4-18-6-10(13)17/h1-2,5H,3-4,6H2,(H2,13,17)(H2,14,15). The van der Waals surface area contributed by atoms with Crippen molar-refractivity contribution in [3.63, 3.8) is 0 Å². The van der Waals surface area contributed by atoms with Gasteiger partial charge in [0, 0.05) is 10.1 Å². The predicted molar refractivity (Wildman–Crippen MR) is 76.9 cm³/mol. The molecule has 7 heteroatoms. The first-order valence-electron chi connectivity index (χ1n) is 5.35. The molecule has 0 aliphatic carbocycles. The molecule has 0 radical (unpaired) electrons. The summed E-state index contributed by atoms with van der Waals surface area (Å²) in [4.78, 5) is 14.8. The summed E-state index contributed by atoms with van der Waals surface area (Å²) in [6.07, 6.45) is 0. The number of fused-ring (bicyclic) bond motifs is 1. The number of carbonyl (C=O) groups excluding carboxylic acids is 1. The van der Waals surface area contributed by atoms with Crippen molar-refractivity contribution in [2.75, 3.05) is 18.9 Å². The van der Waals surface area contributed by atoms with Crippen molar-refractivity contribution < 1.29 is 9.53 Å². The number of hydrogen-bond donors (Lipinski definition) is 2. The van der Waals surface area contributed by atoms with Gasteiger partial charge in [-0.15, -0.1) is 0 Å². The van der Waals surface area contributed by atoms with Gasteiger partial charge in [0.05, 0.1) is 17.6 Å². The molecule has 1 heterocycles. The van der Waals surface area contributed by atoms with E-state index in [-0.39, 0.29) is 6.61 Å². The molecule has 6 nitrogen and oxygen atoms in total. The average molecular weight is 360 g/mol. The summed E-state index contributed by atoms with van der Waals surface area (Å²) in [5.41, 5.74) is 12.6. The van der Waals surface area contributed by atoms with Gasteiger partial charge in [0.2, 0.25) is 11.9 Å². The topological polar surface area (TPSA) is 96.2 Å². The number of hydrogen-bond acceptors (Lipinski definition) is 4. The fourth-order valence-corrected chi connectivity index (χ4v) is 2.16. The van der Waals surface area contributed by atoms with E-state index < -0.39 is 5.91 Å². The van der Waals surface area contributed by atoms with E-state index in [2.05, 4.69) is 27.6 Å². The van der Waals surface area contributed by atoms with Crippen molar-refractivity contribution in [2.24, 2.45) is 5.73 Å². The third-order valence-corrected chi connectivity index (χ3v) is 3.11. The molecule has 2 rings (SSSR count). The van der Waals surface area contributed by atoms with Gasteiger partial charge in [-0.1, -0.05) is 0 Å². The van der Waals surface area contributed by atoms with E-state index in [4.69, 9.17) is 16.2 Å². The summed E-state index contributed by atoms with van der Waals surface area (Å²) in [5.74, 6) is -0.0392. The average Bonchev–Trinajstić information content (AvgIpc) is 2.59. The summed E-state index contributed by atoms with van der Waals surface area (Å²) < 4.78 is 8.08. The van der Waals surface area contributed by atoms with Crippen LogP contribution in [0.15, 0.2) is 18.2 Å². The molecule has 2 aromatic rings. The second kappa shape index (κ2) is 5.53. The van der Waals surface area contributed by atoms with Gasteiger partial charge in [-0.25, -0.2) is 4.98 Å². The van der Waals surface area contributed by atoms with Gasteiger partial charge in [0.1, 0.15) is 6.61 Å². The second-order valence-electron chi connectivity index (χ2n) is 3.77. The number of halogens is 1. The van der Waals surface area contributed by atoms with Crippen LogP contribution in [0.2, 0.25) is 0 Å². The fourth-order valence-electron chi connectivity index (χ4n) is 1.69. The largest absolute Gasteiger partial charge is 0.370 e. The molecule has 0 atom stereocenters. The third kappa shape index (κ3) is 2.91. The number of nitrogens with two attached hydrogens (primary N) is 2. The molecule has 1 amide bonds. The number of aromatic nitrogens is 2. The van der Waals surface area contributed by atoms with Gasteiger partial charge in [-0.05, 0) is 40.8 Å². The lowest BCUT2D eigenvalue weighted by atomic mass is 10.3. The van der Waals surface area contributed by atoms with E-state index in [1.807, 2.05) is 22.8 Å². The van der Waals surface area contributed by atoms with E-state index in [0.717, 1.165) is 14.6 Å². The number of anilines is 1. The fraction of sp³-hybridized carbons (Fsp3) is 0.273. The van der Waals surface area contributed by atoms with Crippen LogP contribution in [0, 0.1) is 3.57 Å². The maximum atomic E-state index is 10.5. The first kappa shape index (κ1) is 13.1. The lowest BCUT2D eigenvalue weighted by Gasteiger charge is -2.06. The predicted octanol–water partition coefficient (Wildman–Crippen LogP) is 0.725. The van der Waals surface area contributed by atoms with E-state index in [1.165, 1.54) is 0 Å². The molecule has 0 aliphatic heterocycles. The Morgan fingerprint density at radius 1 is 1.50 bits per heavy atom. The zero-order chi connectivity index (χ0) is 13.1. The molecule has 0 saturated carbocycles. The molecule has 0 unspecified atom stereocenters. The molecule has 0 spiro atoms. The van der Waals surface area contributed by atoms with Crippen LogP contribution in [0.3, 0.4) is 0 Å². The lowest BCUT2D eigenvalue weighted by molar-refractivity contribution is -0.122. The van der Waals surface area contributed by atoms with Crippen LogP contribution in [0.5, 0.6) is 0 Å². The summed E-state index contributed by atoms with van der Waals surface area (Å²) in [6.45, 7) is 0.825. The van der Waals surface area contributed by atoms with E-state index in [1.54, 1.807) is 0 Å². The molecule has 1 aromatic carbocycles. The Morgan fingerprint density at radius 2 is 2.28 bits per heavy atom. The smallest absolute Gasteiger partial charge is 0.243 e. The number of nitrogens with zero attached hydrogens (tertiary/aromatic N) is 2. The van der Waals surface area contributed by atoms with E-state index in [9.17, 15) is 4.79 Å². The van der Waals surface area contributed by atoms with Gasteiger partial charge in [0.15, 0.2) is 0 Å². The summed E-state index contributed by atoms with van der Waals surface area (Å²) in [7, 11) is 0. The number of imidazole rings is 1. The highest BCUT2D eigenvalue weighted by Crippen LogP contribution is 2.19. The highest BCUT2D eigenvalue weighted by Gasteiger charge is 2.08. The zero-order valence-electron chi connectivity index (χ0n) is 9.60. The number of carbonyl (C=O) groups is 1. The number of ether oxygens (including phenoxy) is 1. The van der Waals surface area contributed by atoms with Gasteiger partial charge >= 0.3 is 0 Å². The maximum absolute atomic E-state index is 10.5. The Morgan fingerprint density at radius 3 is 3.00 bits per heavy atom. The van der Waals surface area contributed by atoms with Gasteiger partial charge in [0.25, 0.3) is 0 Å². The van der Waals surface area contributed by atoms with Crippen molar-refractivity contribution in [1.29, 1.82) is 0 Å². The highest BCUT2D eigenvalue weighted by molar-refractivity contribution is 14.1. The number of benzene rings is 1. The van der Waals surface area contributed by atoms with Gasteiger partial charge in [-0.3, -0.25) is 4.79 Å². The Balaban J connectivity index is 2.12. The molecule has 0 fully saturated rings. The minimum atomic E-state index is -0.479. The molecule has 96 valence electrons. The molecule has 4 N–H and O–H groups in total. The SMILES string of the molecule is NC(=O)COCCn1c(N)nc2cc(I)ccc21. The van der Waals surface area contributed by atoms with Crippen LogP contribution in [-0.2, 0) is 16.1 Å². The number of rotatable bonds is 5. The third-order valence-electron chi connectivity index (χ3n) is 2.44. The Bertz CT molecular complexity index is 582.